The van der Waals surface area contributed by atoms with Gasteiger partial charge in [0.05, 0.1) is 11.8 Å². The molecule has 1 atom stereocenters. The summed E-state index contributed by atoms with van der Waals surface area (Å²) in [4.78, 5) is 10.5. The second-order valence-electron chi connectivity index (χ2n) is 2.01. The van der Waals surface area contributed by atoms with Gasteiger partial charge in [-0.1, -0.05) is 6.58 Å². The molecule has 0 aliphatic rings. The number of amides is 1. The Morgan fingerprint density at radius 1 is 1.90 bits per heavy atom. The van der Waals surface area contributed by atoms with E-state index in [0.29, 0.717) is 0 Å². The lowest BCUT2D eigenvalue weighted by atomic mass is 10.2. The maximum absolute atomic E-state index is 10.5. The van der Waals surface area contributed by atoms with Crippen LogP contribution in [-0.4, -0.2) is 24.1 Å². The molecule has 0 spiro atoms. The van der Waals surface area contributed by atoms with Gasteiger partial charge in [0, 0.05) is 6.42 Å². The van der Waals surface area contributed by atoms with Gasteiger partial charge in [0.15, 0.2) is 0 Å². The highest BCUT2D eigenvalue weighted by molar-refractivity contribution is 5.80. The molecule has 4 heteroatoms. The number of aliphatic hydroxyl groups excluding tert-OH is 1. The van der Waals surface area contributed by atoms with Crippen LogP contribution in [0, 0.1) is 0 Å². The molecule has 4 nitrogen and oxygen atoms in total. The molecule has 0 fully saturated rings. The van der Waals surface area contributed by atoms with Crippen molar-refractivity contribution in [3.63, 3.8) is 0 Å². The highest BCUT2D eigenvalue weighted by atomic mass is 16.3. The molecule has 1 unspecified atom stereocenters. The van der Waals surface area contributed by atoms with Gasteiger partial charge >= 0.3 is 0 Å². The van der Waals surface area contributed by atoms with Crippen LogP contribution in [0.1, 0.15) is 6.42 Å². The minimum absolute atomic E-state index is 0.0434. The molecule has 4 N–H and O–H groups in total. The van der Waals surface area contributed by atoms with Crippen LogP contribution in [0.15, 0.2) is 12.3 Å². The summed E-state index contributed by atoms with van der Waals surface area (Å²) >= 11 is 0. The second kappa shape index (κ2) is 3.90. The van der Waals surface area contributed by atoms with Gasteiger partial charge in [-0.15, -0.1) is 0 Å². The molecule has 0 bridgehead atoms. The van der Waals surface area contributed by atoms with Crippen LogP contribution in [0.3, 0.4) is 0 Å². The molecule has 0 rings (SSSR count). The lowest BCUT2D eigenvalue weighted by molar-refractivity contribution is -0.120. The third-order valence-electron chi connectivity index (χ3n) is 1.13. The van der Waals surface area contributed by atoms with Crippen molar-refractivity contribution in [3.05, 3.63) is 12.3 Å². The van der Waals surface area contributed by atoms with Crippen molar-refractivity contribution in [1.29, 1.82) is 0 Å². The summed E-state index contributed by atoms with van der Waals surface area (Å²) in [6.07, 6.45) is 0.172. The molecular weight excluding hydrogens is 132 g/mol. The number of carbonyl (C=O) groups is 1. The first-order chi connectivity index (χ1) is 4.57. The maximum Gasteiger partial charge on any atom is 0.235 e. The van der Waals surface area contributed by atoms with Crippen molar-refractivity contribution < 1.29 is 9.90 Å². The van der Waals surface area contributed by atoms with E-state index < -0.39 is 11.9 Å². The number of aliphatic hydroxyl groups is 1. The van der Waals surface area contributed by atoms with Gasteiger partial charge in [-0.05, 0) is 7.05 Å². The molecule has 10 heavy (non-hydrogen) atoms. The Labute approximate surface area is 59.7 Å². The first kappa shape index (κ1) is 8.97. The van der Waals surface area contributed by atoms with Gasteiger partial charge < -0.3 is 16.2 Å². The Balaban J connectivity index is 3.83. The zero-order valence-electron chi connectivity index (χ0n) is 5.92. The minimum Gasteiger partial charge on any atom is -0.513 e. The van der Waals surface area contributed by atoms with E-state index in [4.69, 9.17) is 10.8 Å². The lowest BCUT2D eigenvalue weighted by Gasteiger charge is -2.09. The van der Waals surface area contributed by atoms with Gasteiger partial charge in [-0.25, -0.2) is 0 Å². The minimum atomic E-state index is -0.516. The zero-order valence-corrected chi connectivity index (χ0v) is 5.92. The normalized spacial score (nSPS) is 12.5. The van der Waals surface area contributed by atoms with E-state index in [-0.39, 0.29) is 12.2 Å². The van der Waals surface area contributed by atoms with Crippen LogP contribution in [0.5, 0.6) is 0 Å². The van der Waals surface area contributed by atoms with E-state index in [1.165, 1.54) is 0 Å². The number of hydrogen-bond donors (Lipinski definition) is 3. The average Bonchev–Trinajstić information content (AvgIpc) is 1.81. The van der Waals surface area contributed by atoms with E-state index in [1.54, 1.807) is 7.05 Å². The molecule has 0 aromatic carbocycles. The molecule has 0 saturated heterocycles. The Kier molecular flexibility index (Phi) is 3.49. The van der Waals surface area contributed by atoms with Gasteiger partial charge in [-0.3, -0.25) is 4.79 Å². The number of carbonyl (C=O) groups excluding carboxylic acids is 1. The summed E-state index contributed by atoms with van der Waals surface area (Å²) < 4.78 is 0. The van der Waals surface area contributed by atoms with Crippen LogP contribution < -0.4 is 11.1 Å². The summed E-state index contributed by atoms with van der Waals surface area (Å²) in [5.41, 5.74) is 4.94. The van der Waals surface area contributed by atoms with Crippen LogP contribution in [-0.2, 0) is 4.79 Å². The molecule has 0 aliphatic heterocycles. The molecule has 0 aromatic heterocycles. The highest BCUT2D eigenvalue weighted by Crippen LogP contribution is 1.97. The summed E-state index contributed by atoms with van der Waals surface area (Å²) in [5.74, 6) is -0.532. The van der Waals surface area contributed by atoms with Crippen molar-refractivity contribution in [3.8, 4) is 0 Å². The molecule has 0 heterocycles. The Bertz CT molecular complexity index is 145. The van der Waals surface area contributed by atoms with Crippen molar-refractivity contribution in [2.75, 3.05) is 7.05 Å². The number of nitrogens with one attached hydrogen (secondary N) is 1. The van der Waals surface area contributed by atoms with Crippen molar-refractivity contribution in [1.82, 2.24) is 5.32 Å². The summed E-state index contributed by atoms with van der Waals surface area (Å²) in [7, 11) is 1.60. The predicted molar refractivity (Wildman–Crippen MR) is 38.4 cm³/mol. The first-order valence-electron chi connectivity index (χ1n) is 2.91. The maximum atomic E-state index is 10.5. The third kappa shape index (κ3) is 3.09. The molecule has 58 valence electrons. The standard InChI is InChI=1S/C6H12N2O2/c1-4(9)3-5(8-2)6(7)10/h5,8-9H,1,3H2,2H3,(H2,7,10). The number of likely N-dealkylation sites (N-methyl/N-ethyl adjacent to an activating group) is 1. The van der Waals surface area contributed by atoms with Gasteiger partial charge in [0.25, 0.3) is 0 Å². The SMILES string of the molecule is C=C(O)CC(NC)C(N)=O. The smallest absolute Gasteiger partial charge is 0.235 e. The van der Waals surface area contributed by atoms with E-state index in [9.17, 15) is 4.79 Å². The molecule has 0 aromatic rings. The van der Waals surface area contributed by atoms with E-state index >= 15 is 0 Å². The van der Waals surface area contributed by atoms with E-state index in [1.807, 2.05) is 0 Å². The number of primary amides is 1. The highest BCUT2D eigenvalue weighted by Gasteiger charge is 2.12. The van der Waals surface area contributed by atoms with Gasteiger partial charge in [0.1, 0.15) is 0 Å². The monoisotopic (exact) mass is 144 g/mol. The van der Waals surface area contributed by atoms with Crippen LogP contribution in [0.4, 0.5) is 0 Å². The predicted octanol–water partition coefficient (Wildman–Crippen LogP) is -0.478. The number of nitrogens with two attached hydrogens (primary N) is 1. The Morgan fingerprint density at radius 2 is 2.40 bits per heavy atom. The molecule has 0 radical (unpaired) electrons. The second-order valence-corrected chi connectivity index (χ2v) is 2.01. The fourth-order valence-corrected chi connectivity index (χ4v) is 0.581. The Hall–Kier alpha value is -1.03. The van der Waals surface area contributed by atoms with Gasteiger partial charge in [0.2, 0.25) is 5.91 Å². The zero-order chi connectivity index (χ0) is 8.15. The van der Waals surface area contributed by atoms with Gasteiger partial charge in [-0.2, -0.15) is 0 Å². The van der Waals surface area contributed by atoms with Crippen LogP contribution in [0.2, 0.25) is 0 Å². The Morgan fingerprint density at radius 3 is 2.50 bits per heavy atom. The molecule has 0 saturated carbocycles. The summed E-state index contributed by atoms with van der Waals surface area (Å²) in [5, 5.41) is 11.3. The van der Waals surface area contributed by atoms with E-state index in [2.05, 4.69) is 11.9 Å². The number of hydrogen-bond acceptors (Lipinski definition) is 3. The quantitative estimate of drug-likeness (QED) is 0.466. The summed E-state index contributed by atoms with van der Waals surface area (Å²) in [6, 6.07) is -0.516. The lowest BCUT2D eigenvalue weighted by Crippen LogP contribution is -2.39. The first-order valence-corrected chi connectivity index (χ1v) is 2.91. The number of rotatable bonds is 4. The topological polar surface area (TPSA) is 75.3 Å². The molecule has 1 amide bonds. The van der Waals surface area contributed by atoms with Crippen LogP contribution >= 0.6 is 0 Å². The fourth-order valence-electron chi connectivity index (χ4n) is 0.581. The van der Waals surface area contributed by atoms with E-state index in [0.717, 1.165) is 0 Å². The molecule has 0 aliphatic carbocycles. The van der Waals surface area contributed by atoms with Crippen molar-refractivity contribution in [2.45, 2.75) is 12.5 Å². The van der Waals surface area contributed by atoms with Crippen LogP contribution in [0.25, 0.3) is 0 Å². The molecular formula is C6H12N2O2. The fraction of sp³-hybridized carbons (Fsp3) is 0.500. The summed E-state index contributed by atoms with van der Waals surface area (Å²) in [6.45, 7) is 3.23. The van der Waals surface area contributed by atoms with Crippen molar-refractivity contribution >= 4 is 5.91 Å². The largest absolute Gasteiger partial charge is 0.513 e. The third-order valence-corrected chi connectivity index (χ3v) is 1.13. The van der Waals surface area contributed by atoms with Crippen molar-refractivity contribution in [2.24, 2.45) is 5.73 Å². The average molecular weight is 144 g/mol.